The highest BCUT2D eigenvalue weighted by molar-refractivity contribution is 5.90. The van der Waals surface area contributed by atoms with Crippen LogP contribution in [0.1, 0.15) is 17.3 Å². The van der Waals surface area contributed by atoms with Gasteiger partial charge in [0.2, 0.25) is 0 Å². The van der Waals surface area contributed by atoms with Gasteiger partial charge in [-0.2, -0.15) is 0 Å². The molecule has 0 aliphatic heterocycles. The van der Waals surface area contributed by atoms with Crippen LogP contribution in [0.25, 0.3) is 0 Å². The first kappa shape index (κ1) is 13.8. The van der Waals surface area contributed by atoms with Crippen LogP contribution < -0.4 is 5.32 Å². The second-order valence-corrected chi connectivity index (χ2v) is 4.11. The van der Waals surface area contributed by atoms with Gasteiger partial charge in [-0.15, -0.1) is 0 Å². The van der Waals surface area contributed by atoms with E-state index >= 15 is 0 Å². The third kappa shape index (κ3) is 3.95. The number of hydrogen-bond acceptors (Lipinski definition) is 4. The molecule has 0 atom stereocenters. The number of rotatable bonds is 5. The van der Waals surface area contributed by atoms with Gasteiger partial charge in [-0.1, -0.05) is 18.2 Å². The highest BCUT2D eigenvalue weighted by atomic mass is 16.5. The van der Waals surface area contributed by atoms with E-state index in [1.54, 1.807) is 30.6 Å². The minimum Gasteiger partial charge on any atom is -0.458 e. The van der Waals surface area contributed by atoms with Crippen molar-refractivity contribution in [1.82, 2.24) is 4.98 Å². The molecule has 1 heterocycles. The Morgan fingerprint density at radius 1 is 1.25 bits per heavy atom. The first-order valence-electron chi connectivity index (χ1n) is 6.35. The third-order valence-electron chi connectivity index (χ3n) is 2.61. The number of esters is 1. The molecule has 0 aliphatic rings. The fraction of sp³-hybridized carbons (Fsp3) is 0.125. The molecule has 1 aromatic heterocycles. The van der Waals surface area contributed by atoms with Gasteiger partial charge >= 0.3 is 5.97 Å². The van der Waals surface area contributed by atoms with Crippen molar-refractivity contribution in [1.29, 1.82) is 0 Å². The lowest BCUT2D eigenvalue weighted by atomic mass is 10.2. The Bertz CT molecular complexity index is 594. The molecule has 4 nitrogen and oxygen atoms in total. The minimum absolute atomic E-state index is 0.289. The molecule has 0 aliphatic carbocycles. The fourth-order valence-electron chi connectivity index (χ4n) is 1.63. The zero-order valence-electron chi connectivity index (χ0n) is 11.2. The monoisotopic (exact) mass is 268 g/mol. The van der Waals surface area contributed by atoms with Crippen molar-refractivity contribution in [2.75, 3.05) is 11.9 Å². The van der Waals surface area contributed by atoms with Gasteiger partial charge < -0.3 is 10.1 Å². The van der Waals surface area contributed by atoms with Crippen LogP contribution >= 0.6 is 0 Å². The summed E-state index contributed by atoms with van der Waals surface area (Å²) in [5.74, 6) is -0.332. The van der Waals surface area contributed by atoms with Crippen LogP contribution in [0.5, 0.6) is 0 Å². The average molecular weight is 268 g/mol. The average Bonchev–Trinajstić information content (AvgIpc) is 2.49. The van der Waals surface area contributed by atoms with E-state index in [-0.39, 0.29) is 12.6 Å². The van der Waals surface area contributed by atoms with Gasteiger partial charge in [-0.05, 0) is 37.3 Å². The molecule has 2 rings (SSSR count). The van der Waals surface area contributed by atoms with E-state index in [1.807, 2.05) is 37.3 Å². The Balaban J connectivity index is 2.06. The highest BCUT2D eigenvalue weighted by Crippen LogP contribution is 2.17. The molecule has 0 saturated carbocycles. The zero-order valence-corrected chi connectivity index (χ0v) is 11.2. The van der Waals surface area contributed by atoms with Gasteiger partial charge in [0, 0.05) is 23.8 Å². The Hall–Kier alpha value is -2.62. The molecular formula is C16H16N2O2. The molecule has 0 bridgehead atoms. The predicted octanol–water partition coefficient (Wildman–Crippen LogP) is 3.56. The van der Waals surface area contributed by atoms with Crippen molar-refractivity contribution in [3.8, 4) is 0 Å². The van der Waals surface area contributed by atoms with E-state index in [0.29, 0.717) is 5.56 Å². The van der Waals surface area contributed by atoms with E-state index < -0.39 is 0 Å². The van der Waals surface area contributed by atoms with Crippen molar-refractivity contribution < 1.29 is 9.53 Å². The lowest BCUT2D eigenvalue weighted by Crippen LogP contribution is -2.05. The summed E-state index contributed by atoms with van der Waals surface area (Å²) in [6, 6.07) is 10.9. The Morgan fingerprint density at radius 2 is 2.05 bits per heavy atom. The van der Waals surface area contributed by atoms with Crippen LogP contribution in [-0.2, 0) is 4.74 Å². The molecule has 0 radical (unpaired) electrons. The maximum absolute atomic E-state index is 11.8. The van der Waals surface area contributed by atoms with Crippen LogP contribution in [0.15, 0.2) is 60.9 Å². The predicted molar refractivity (Wildman–Crippen MR) is 79.1 cm³/mol. The van der Waals surface area contributed by atoms with E-state index in [9.17, 15) is 4.79 Å². The standard InChI is InChI=1S/C16H16N2O2/c1-2-3-11-20-16(19)13-5-4-6-15(12-13)18-14-7-9-17-10-8-14/h2-10,12H,11H2,1H3,(H,17,18)/b3-2-. The number of aromatic nitrogens is 1. The van der Waals surface area contributed by atoms with E-state index in [0.717, 1.165) is 11.4 Å². The number of ether oxygens (including phenoxy) is 1. The summed E-state index contributed by atoms with van der Waals surface area (Å²) < 4.78 is 5.11. The van der Waals surface area contributed by atoms with Crippen LogP contribution in [0, 0.1) is 0 Å². The van der Waals surface area contributed by atoms with Gasteiger partial charge in [0.15, 0.2) is 0 Å². The van der Waals surface area contributed by atoms with Gasteiger partial charge in [0.1, 0.15) is 6.61 Å². The molecular weight excluding hydrogens is 252 g/mol. The number of allylic oxidation sites excluding steroid dienone is 1. The molecule has 0 amide bonds. The molecule has 1 aromatic carbocycles. The second kappa shape index (κ2) is 7.09. The van der Waals surface area contributed by atoms with Crippen LogP contribution in [0.3, 0.4) is 0 Å². The van der Waals surface area contributed by atoms with Gasteiger partial charge in [-0.25, -0.2) is 4.79 Å². The maximum Gasteiger partial charge on any atom is 0.338 e. The number of pyridine rings is 1. The summed E-state index contributed by atoms with van der Waals surface area (Å²) in [5.41, 5.74) is 2.27. The quantitative estimate of drug-likeness (QED) is 0.665. The van der Waals surface area contributed by atoms with E-state index in [1.165, 1.54) is 0 Å². The first-order chi connectivity index (χ1) is 9.79. The number of anilines is 2. The normalized spacial score (nSPS) is 10.4. The van der Waals surface area contributed by atoms with Crippen LogP contribution in [0.2, 0.25) is 0 Å². The SMILES string of the molecule is C/C=C\COC(=O)c1cccc(Nc2ccncc2)c1. The molecule has 102 valence electrons. The largest absolute Gasteiger partial charge is 0.458 e. The van der Waals surface area contributed by atoms with Gasteiger partial charge in [0.05, 0.1) is 5.56 Å². The number of nitrogens with one attached hydrogen (secondary N) is 1. The molecule has 0 unspecified atom stereocenters. The number of carbonyl (C=O) groups excluding carboxylic acids is 1. The number of hydrogen-bond donors (Lipinski definition) is 1. The van der Waals surface area contributed by atoms with Crippen LogP contribution in [-0.4, -0.2) is 17.6 Å². The molecule has 1 N–H and O–H groups in total. The summed E-state index contributed by atoms with van der Waals surface area (Å²) in [4.78, 5) is 15.8. The van der Waals surface area contributed by atoms with E-state index in [2.05, 4.69) is 10.3 Å². The topological polar surface area (TPSA) is 51.2 Å². The number of benzene rings is 1. The van der Waals surface area contributed by atoms with Crippen molar-refractivity contribution in [3.63, 3.8) is 0 Å². The number of carbonyl (C=O) groups is 1. The van der Waals surface area contributed by atoms with Crippen molar-refractivity contribution >= 4 is 17.3 Å². The molecule has 4 heteroatoms. The zero-order chi connectivity index (χ0) is 14.2. The summed E-state index contributed by atoms with van der Waals surface area (Å²) in [6.45, 7) is 2.17. The van der Waals surface area contributed by atoms with Gasteiger partial charge in [-0.3, -0.25) is 4.98 Å². The van der Waals surface area contributed by atoms with Gasteiger partial charge in [0.25, 0.3) is 0 Å². The fourth-order valence-corrected chi connectivity index (χ4v) is 1.63. The smallest absolute Gasteiger partial charge is 0.338 e. The Kier molecular flexibility index (Phi) is 4.89. The maximum atomic E-state index is 11.8. The molecule has 0 spiro atoms. The molecule has 2 aromatic rings. The van der Waals surface area contributed by atoms with E-state index in [4.69, 9.17) is 4.74 Å². The summed E-state index contributed by atoms with van der Waals surface area (Å²) in [6.07, 6.45) is 7.04. The van der Waals surface area contributed by atoms with Crippen molar-refractivity contribution in [2.45, 2.75) is 6.92 Å². The number of nitrogens with zero attached hydrogens (tertiary/aromatic N) is 1. The Morgan fingerprint density at radius 3 is 2.80 bits per heavy atom. The molecule has 0 saturated heterocycles. The summed E-state index contributed by atoms with van der Waals surface area (Å²) in [7, 11) is 0. The molecule has 20 heavy (non-hydrogen) atoms. The Labute approximate surface area is 118 Å². The lowest BCUT2D eigenvalue weighted by molar-refractivity contribution is 0.0549. The third-order valence-corrected chi connectivity index (χ3v) is 2.61. The lowest BCUT2D eigenvalue weighted by Gasteiger charge is -2.08. The summed E-state index contributed by atoms with van der Waals surface area (Å²) in [5, 5.41) is 3.20. The van der Waals surface area contributed by atoms with Crippen molar-refractivity contribution in [3.05, 3.63) is 66.5 Å². The van der Waals surface area contributed by atoms with Crippen molar-refractivity contribution in [2.24, 2.45) is 0 Å². The summed E-state index contributed by atoms with van der Waals surface area (Å²) >= 11 is 0. The minimum atomic E-state index is -0.332. The first-order valence-corrected chi connectivity index (χ1v) is 6.35. The second-order valence-electron chi connectivity index (χ2n) is 4.11. The molecule has 0 fully saturated rings. The van der Waals surface area contributed by atoms with Crippen LogP contribution in [0.4, 0.5) is 11.4 Å². The highest BCUT2D eigenvalue weighted by Gasteiger charge is 2.06.